The topological polar surface area (TPSA) is 49.3 Å². The minimum absolute atomic E-state index is 0.0704. The zero-order valence-electron chi connectivity index (χ0n) is 8.37. The van der Waals surface area contributed by atoms with Gasteiger partial charge in [0.1, 0.15) is 0 Å². The molecule has 0 heterocycles. The van der Waals surface area contributed by atoms with E-state index in [-0.39, 0.29) is 12.5 Å². The Balaban J connectivity index is 2.49. The van der Waals surface area contributed by atoms with Crippen LogP contribution in [0.5, 0.6) is 0 Å². The SMILES string of the molecule is O=C(CSCCO)Nc1cc(Cl)cc(Cl)c1. The van der Waals surface area contributed by atoms with E-state index in [4.69, 9.17) is 28.3 Å². The van der Waals surface area contributed by atoms with E-state index >= 15 is 0 Å². The number of thioether (sulfide) groups is 1. The monoisotopic (exact) mass is 279 g/mol. The second kappa shape index (κ2) is 7.01. The highest BCUT2D eigenvalue weighted by Crippen LogP contribution is 2.22. The van der Waals surface area contributed by atoms with Crippen molar-refractivity contribution in [1.82, 2.24) is 0 Å². The standard InChI is InChI=1S/C10H11Cl2NO2S/c11-7-3-8(12)5-9(4-7)13-10(15)6-16-2-1-14/h3-5,14H,1-2,6H2,(H,13,15). The summed E-state index contributed by atoms with van der Waals surface area (Å²) in [5, 5.41) is 12.2. The molecule has 0 bridgehead atoms. The number of nitrogens with one attached hydrogen (secondary N) is 1. The number of hydrogen-bond acceptors (Lipinski definition) is 3. The van der Waals surface area contributed by atoms with E-state index in [1.807, 2.05) is 0 Å². The summed E-state index contributed by atoms with van der Waals surface area (Å²) in [6, 6.07) is 4.85. The van der Waals surface area contributed by atoms with Gasteiger partial charge in [0, 0.05) is 21.5 Å². The highest BCUT2D eigenvalue weighted by Gasteiger charge is 2.04. The molecular weight excluding hydrogens is 269 g/mol. The summed E-state index contributed by atoms with van der Waals surface area (Å²) in [4.78, 5) is 11.4. The molecule has 0 fully saturated rings. The van der Waals surface area contributed by atoms with Crippen LogP contribution < -0.4 is 5.32 Å². The lowest BCUT2D eigenvalue weighted by Crippen LogP contribution is -2.14. The molecule has 16 heavy (non-hydrogen) atoms. The van der Waals surface area contributed by atoms with Crippen LogP contribution in [0.1, 0.15) is 0 Å². The Morgan fingerprint density at radius 3 is 2.50 bits per heavy atom. The van der Waals surface area contributed by atoms with Crippen LogP contribution in [0.2, 0.25) is 10.0 Å². The fraction of sp³-hybridized carbons (Fsp3) is 0.300. The molecule has 0 aliphatic heterocycles. The Labute approximate surface area is 108 Å². The molecule has 0 aliphatic rings. The summed E-state index contributed by atoms with van der Waals surface area (Å²) >= 11 is 12.9. The molecule has 1 amide bonds. The number of carbonyl (C=O) groups is 1. The van der Waals surface area contributed by atoms with E-state index in [0.717, 1.165) is 0 Å². The molecule has 0 spiro atoms. The molecule has 1 aromatic carbocycles. The molecule has 0 saturated heterocycles. The number of halogens is 2. The van der Waals surface area contributed by atoms with E-state index in [2.05, 4.69) is 5.32 Å². The van der Waals surface area contributed by atoms with E-state index < -0.39 is 0 Å². The first kappa shape index (κ1) is 13.6. The predicted molar refractivity (Wildman–Crippen MR) is 69.5 cm³/mol. The van der Waals surface area contributed by atoms with Crippen molar-refractivity contribution in [3.63, 3.8) is 0 Å². The minimum Gasteiger partial charge on any atom is -0.396 e. The van der Waals surface area contributed by atoms with Crippen LogP contribution in [0.4, 0.5) is 5.69 Å². The molecule has 88 valence electrons. The average Bonchev–Trinajstić information content (AvgIpc) is 2.16. The van der Waals surface area contributed by atoms with Crippen LogP contribution in [-0.4, -0.2) is 29.1 Å². The normalized spacial score (nSPS) is 10.2. The molecule has 1 rings (SSSR count). The van der Waals surface area contributed by atoms with Crippen LogP contribution in [0, 0.1) is 0 Å². The van der Waals surface area contributed by atoms with Crippen molar-refractivity contribution in [1.29, 1.82) is 0 Å². The Kier molecular flexibility index (Phi) is 5.98. The fourth-order valence-electron chi connectivity index (χ4n) is 1.05. The second-order valence-corrected chi connectivity index (χ2v) is 4.96. The summed E-state index contributed by atoms with van der Waals surface area (Å²) in [6.07, 6.45) is 0. The first-order chi connectivity index (χ1) is 7.61. The molecule has 0 atom stereocenters. The van der Waals surface area contributed by atoms with Crippen molar-refractivity contribution < 1.29 is 9.90 Å². The summed E-state index contributed by atoms with van der Waals surface area (Å²) in [5.41, 5.74) is 0.576. The lowest BCUT2D eigenvalue weighted by atomic mass is 10.3. The summed E-state index contributed by atoms with van der Waals surface area (Å²) in [5.74, 6) is 0.700. The number of aliphatic hydroxyl groups is 1. The molecule has 2 N–H and O–H groups in total. The number of anilines is 1. The van der Waals surface area contributed by atoms with Gasteiger partial charge in [-0.3, -0.25) is 4.79 Å². The molecule has 0 aromatic heterocycles. The molecule has 0 saturated carbocycles. The van der Waals surface area contributed by atoms with Gasteiger partial charge in [-0.15, -0.1) is 11.8 Å². The first-order valence-corrected chi connectivity index (χ1v) is 6.47. The maximum Gasteiger partial charge on any atom is 0.234 e. The molecule has 6 heteroatoms. The smallest absolute Gasteiger partial charge is 0.234 e. The predicted octanol–water partition coefficient (Wildman–Crippen LogP) is 2.66. The van der Waals surface area contributed by atoms with Crippen molar-refractivity contribution in [3.05, 3.63) is 28.2 Å². The maximum absolute atomic E-state index is 11.4. The maximum atomic E-state index is 11.4. The molecular formula is C10H11Cl2NO2S. The van der Waals surface area contributed by atoms with Gasteiger partial charge in [-0.1, -0.05) is 23.2 Å². The molecule has 0 radical (unpaired) electrons. The van der Waals surface area contributed by atoms with Gasteiger partial charge in [0.25, 0.3) is 0 Å². The van der Waals surface area contributed by atoms with Crippen molar-refractivity contribution in [2.24, 2.45) is 0 Å². The lowest BCUT2D eigenvalue weighted by molar-refractivity contribution is -0.113. The van der Waals surface area contributed by atoms with Crippen LogP contribution in [0.3, 0.4) is 0 Å². The van der Waals surface area contributed by atoms with Crippen LogP contribution in [0.15, 0.2) is 18.2 Å². The van der Waals surface area contributed by atoms with E-state index in [0.29, 0.717) is 27.2 Å². The number of benzene rings is 1. The van der Waals surface area contributed by atoms with Gasteiger partial charge in [0.2, 0.25) is 5.91 Å². The number of amides is 1. The van der Waals surface area contributed by atoms with Crippen molar-refractivity contribution >= 4 is 46.6 Å². The summed E-state index contributed by atoms with van der Waals surface area (Å²) < 4.78 is 0. The van der Waals surface area contributed by atoms with E-state index in [1.54, 1.807) is 18.2 Å². The molecule has 1 aromatic rings. The number of aliphatic hydroxyl groups excluding tert-OH is 1. The zero-order valence-corrected chi connectivity index (χ0v) is 10.7. The number of rotatable bonds is 5. The van der Waals surface area contributed by atoms with Crippen molar-refractivity contribution in [3.8, 4) is 0 Å². The summed E-state index contributed by atoms with van der Waals surface area (Å²) in [6.45, 7) is 0.0704. The first-order valence-electron chi connectivity index (χ1n) is 4.56. The third-order valence-electron chi connectivity index (χ3n) is 1.62. The Hall–Kier alpha value is -0.420. The molecule has 0 aliphatic carbocycles. The van der Waals surface area contributed by atoms with Gasteiger partial charge in [-0.25, -0.2) is 0 Å². The summed E-state index contributed by atoms with van der Waals surface area (Å²) in [7, 11) is 0. The van der Waals surface area contributed by atoms with E-state index in [9.17, 15) is 4.79 Å². The van der Waals surface area contributed by atoms with Gasteiger partial charge < -0.3 is 10.4 Å². The third kappa shape index (κ3) is 5.07. The Morgan fingerprint density at radius 2 is 1.94 bits per heavy atom. The van der Waals surface area contributed by atoms with Gasteiger partial charge in [0.05, 0.1) is 12.4 Å². The van der Waals surface area contributed by atoms with Gasteiger partial charge in [-0.05, 0) is 18.2 Å². The quantitative estimate of drug-likeness (QED) is 0.815. The van der Waals surface area contributed by atoms with Gasteiger partial charge >= 0.3 is 0 Å². The molecule has 3 nitrogen and oxygen atoms in total. The van der Waals surface area contributed by atoms with Crippen molar-refractivity contribution in [2.75, 3.05) is 23.4 Å². The highest BCUT2D eigenvalue weighted by molar-refractivity contribution is 7.99. The average molecular weight is 280 g/mol. The van der Waals surface area contributed by atoms with Crippen molar-refractivity contribution in [2.45, 2.75) is 0 Å². The Morgan fingerprint density at radius 1 is 1.31 bits per heavy atom. The highest BCUT2D eigenvalue weighted by atomic mass is 35.5. The van der Waals surface area contributed by atoms with Gasteiger partial charge in [-0.2, -0.15) is 0 Å². The lowest BCUT2D eigenvalue weighted by Gasteiger charge is -2.05. The fourth-order valence-corrected chi connectivity index (χ4v) is 2.11. The minimum atomic E-state index is -0.142. The Bertz CT molecular complexity index is 354. The van der Waals surface area contributed by atoms with Crippen LogP contribution >= 0.6 is 35.0 Å². The zero-order chi connectivity index (χ0) is 12.0. The largest absolute Gasteiger partial charge is 0.396 e. The second-order valence-electron chi connectivity index (χ2n) is 2.98. The number of hydrogen-bond donors (Lipinski definition) is 2. The molecule has 0 unspecified atom stereocenters. The van der Waals surface area contributed by atoms with E-state index in [1.165, 1.54) is 11.8 Å². The van der Waals surface area contributed by atoms with Crippen LogP contribution in [0.25, 0.3) is 0 Å². The van der Waals surface area contributed by atoms with Gasteiger partial charge in [0.15, 0.2) is 0 Å². The van der Waals surface area contributed by atoms with Crippen LogP contribution in [-0.2, 0) is 4.79 Å². The number of carbonyl (C=O) groups excluding carboxylic acids is 1. The third-order valence-corrected chi connectivity index (χ3v) is 2.99.